The number of halogens is 2. The van der Waals surface area contributed by atoms with E-state index in [9.17, 15) is 8.78 Å². The molecule has 1 aliphatic heterocycles. The van der Waals surface area contributed by atoms with Crippen LogP contribution in [0.5, 0.6) is 5.88 Å². The van der Waals surface area contributed by atoms with Crippen molar-refractivity contribution in [2.75, 3.05) is 25.1 Å². The molecule has 0 radical (unpaired) electrons. The molecule has 0 amide bonds. The van der Waals surface area contributed by atoms with Gasteiger partial charge < -0.3 is 21.1 Å². The molecule has 0 fully saturated rings. The number of anilines is 2. The molecule has 0 atom stereocenters. The molecule has 4 rings (SSSR count). The molecule has 9 heteroatoms. The molecule has 1 aliphatic rings. The highest BCUT2D eigenvalue weighted by Crippen LogP contribution is 2.34. The molecule has 0 unspecified atom stereocenters. The van der Waals surface area contributed by atoms with Crippen molar-refractivity contribution in [1.82, 2.24) is 19.9 Å². The summed E-state index contributed by atoms with van der Waals surface area (Å²) in [6, 6.07) is 6.83. The summed E-state index contributed by atoms with van der Waals surface area (Å²) >= 11 is 0. The zero-order valence-corrected chi connectivity index (χ0v) is 16.5. The number of hydrogen-bond acceptors (Lipinski definition) is 7. The molecule has 156 valence electrons. The third-order valence-electron chi connectivity index (χ3n) is 5.09. The van der Waals surface area contributed by atoms with E-state index in [0.717, 1.165) is 17.7 Å². The van der Waals surface area contributed by atoms with Crippen LogP contribution in [0.4, 0.5) is 20.4 Å². The van der Waals surface area contributed by atoms with Gasteiger partial charge in [0, 0.05) is 30.4 Å². The van der Waals surface area contributed by atoms with Crippen LogP contribution >= 0.6 is 0 Å². The van der Waals surface area contributed by atoms with Crippen molar-refractivity contribution in [3.63, 3.8) is 0 Å². The number of aromatic nitrogens is 3. The number of likely N-dealkylation sites (N-methyl/N-ethyl adjacent to an activating group) is 1. The lowest BCUT2D eigenvalue weighted by Crippen LogP contribution is -2.27. The number of benzene rings is 1. The zero-order valence-electron chi connectivity index (χ0n) is 16.5. The first-order valence-electron chi connectivity index (χ1n) is 9.49. The summed E-state index contributed by atoms with van der Waals surface area (Å²) < 4.78 is 33.2. The van der Waals surface area contributed by atoms with E-state index in [0.29, 0.717) is 35.6 Å². The first-order chi connectivity index (χ1) is 14.4. The largest absolute Gasteiger partial charge is 0.470 e. The quantitative estimate of drug-likeness (QED) is 0.663. The monoisotopic (exact) mass is 412 g/mol. The lowest BCUT2D eigenvalue weighted by atomic mass is 9.92. The maximum atomic E-state index is 13.7. The van der Waals surface area contributed by atoms with Crippen molar-refractivity contribution in [3.05, 3.63) is 58.9 Å². The molecule has 3 aromatic rings. The molecular formula is C21H22F2N6O. The van der Waals surface area contributed by atoms with Crippen molar-refractivity contribution < 1.29 is 13.5 Å². The summed E-state index contributed by atoms with van der Waals surface area (Å²) in [4.78, 5) is 14.5. The minimum atomic E-state index is -2.57. The van der Waals surface area contributed by atoms with Gasteiger partial charge in [0.25, 0.3) is 12.3 Å². The molecule has 0 spiro atoms. The zero-order chi connectivity index (χ0) is 21.3. The van der Waals surface area contributed by atoms with E-state index in [4.69, 9.17) is 16.2 Å². The smallest absolute Gasteiger partial charge is 0.264 e. The average molecular weight is 412 g/mol. The highest BCUT2D eigenvalue weighted by molar-refractivity contribution is 5.64. The lowest BCUT2D eigenvalue weighted by molar-refractivity contribution is 0.148. The van der Waals surface area contributed by atoms with Crippen molar-refractivity contribution in [2.24, 2.45) is 0 Å². The average Bonchev–Trinajstić information content (AvgIpc) is 2.72. The normalized spacial score (nSPS) is 14.0. The number of nitrogen functional groups attached to an aromatic ring is 2. The summed E-state index contributed by atoms with van der Waals surface area (Å²) in [6.45, 7) is 1.50. The van der Waals surface area contributed by atoms with Gasteiger partial charge in [-0.05, 0) is 54.4 Å². The van der Waals surface area contributed by atoms with Gasteiger partial charge in [0.05, 0.1) is 11.9 Å². The third kappa shape index (κ3) is 4.16. The molecule has 0 saturated carbocycles. The Morgan fingerprint density at radius 1 is 1.20 bits per heavy atom. The number of nitrogens with zero attached hydrogens (tertiary/aromatic N) is 4. The molecule has 2 aromatic heterocycles. The number of pyridine rings is 1. The van der Waals surface area contributed by atoms with Gasteiger partial charge in [0.2, 0.25) is 0 Å². The predicted octanol–water partition coefficient (Wildman–Crippen LogP) is 3.21. The minimum absolute atomic E-state index is 0.0300. The lowest BCUT2D eigenvalue weighted by Gasteiger charge is -2.27. The predicted molar refractivity (Wildman–Crippen MR) is 110 cm³/mol. The van der Waals surface area contributed by atoms with E-state index < -0.39 is 6.43 Å². The van der Waals surface area contributed by atoms with E-state index in [-0.39, 0.29) is 23.9 Å². The number of fused-ring (bicyclic) bond motifs is 1. The van der Waals surface area contributed by atoms with Crippen LogP contribution in [0.1, 0.15) is 28.7 Å². The fraction of sp³-hybridized carbons (Fsp3) is 0.286. The van der Waals surface area contributed by atoms with Crippen molar-refractivity contribution in [2.45, 2.75) is 26.0 Å². The summed E-state index contributed by atoms with van der Waals surface area (Å²) in [6.07, 6.45) is 1.18. The van der Waals surface area contributed by atoms with Gasteiger partial charge in [-0.25, -0.2) is 23.7 Å². The molecule has 30 heavy (non-hydrogen) atoms. The van der Waals surface area contributed by atoms with Crippen LogP contribution in [0.3, 0.4) is 0 Å². The van der Waals surface area contributed by atoms with E-state index in [2.05, 4.69) is 15.0 Å². The van der Waals surface area contributed by atoms with Gasteiger partial charge in [-0.3, -0.25) is 0 Å². The SMILES string of the molecule is CN1CCc2cc(-c3cnc(N)c(OCc4ccnc(N)c4)n3)cc(C(F)F)c2C1. The van der Waals surface area contributed by atoms with E-state index in [1.807, 2.05) is 18.0 Å². The number of alkyl halides is 2. The fourth-order valence-corrected chi connectivity index (χ4v) is 3.54. The number of ether oxygens (including phenoxy) is 1. The topological polar surface area (TPSA) is 103 Å². The Labute approximate surface area is 172 Å². The fourth-order valence-electron chi connectivity index (χ4n) is 3.54. The number of hydrogen-bond donors (Lipinski definition) is 2. The Balaban J connectivity index is 1.66. The summed E-state index contributed by atoms with van der Waals surface area (Å²) in [5.41, 5.74) is 15.0. The molecule has 4 N–H and O–H groups in total. The van der Waals surface area contributed by atoms with Gasteiger partial charge in [-0.2, -0.15) is 0 Å². The van der Waals surface area contributed by atoms with E-state index >= 15 is 0 Å². The van der Waals surface area contributed by atoms with Gasteiger partial charge in [0.15, 0.2) is 5.82 Å². The van der Waals surface area contributed by atoms with Gasteiger partial charge in [0.1, 0.15) is 12.4 Å². The van der Waals surface area contributed by atoms with Crippen LogP contribution in [0.25, 0.3) is 11.3 Å². The Hall–Kier alpha value is -3.33. The minimum Gasteiger partial charge on any atom is -0.470 e. The molecule has 0 aliphatic carbocycles. The summed E-state index contributed by atoms with van der Waals surface area (Å²) in [5.74, 6) is 0.636. The van der Waals surface area contributed by atoms with Crippen molar-refractivity contribution in [1.29, 1.82) is 0 Å². The Morgan fingerprint density at radius 2 is 2.03 bits per heavy atom. The summed E-state index contributed by atoms with van der Waals surface area (Å²) in [7, 11) is 1.93. The standard InChI is InChI=1S/C21H22F2N6O/c1-29-5-3-13-7-14(8-15(19(22)23)16(13)10-29)17-9-27-20(25)21(28-17)30-11-12-2-4-26-18(24)6-12/h2,4,6-9,19H,3,5,10-11H2,1H3,(H2,24,26)(H2,25,27). The van der Waals surface area contributed by atoms with E-state index in [1.165, 1.54) is 12.3 Å². The van der Waals surface area contributed by atoms with Crippen molar-refractivity contribution >= 4 is 11.6 Å². The first kappa shape index (κ1) is 20.0. The number of rotatable bonds is 5. The van der Waals surface area contributed by atoms with Crippen molar-refractivity contribution in [3.8, 4) is 17.1 Å². The Kier molecular flexibility index (Phi) is 5.45. The second-order valence-corrected chi connectivity index (χ2v) is 7.31. The first-order valence-corrected chi connectivity index (χ1v) is 9.49. The Bertz CT molecular complexity index is 1080. The summed E-state index contributed by atoms with van der Waals surface area (Å²) in [5, 5.41) is 0. The van der Waals surface area contributed by atoms with Gasteiger partial charge >= 0.3 is 0 Å². The van der Waals surface area contributed by atoms with Crippen LogP contribution in [0, 0.1) is 0 Å². The van der Waals surface area contributed by atoms with Crippen LogP contribution in [-0.4, -0.2) is 33.4 Å². The van der Waals surface area contributed by atoms with E-state index in [1.54, 1.807) is 18.3 Å². The maximum Gasteiger partial charge on any atom is 0.264 e. The van der Waals surface area contributed by atoms with Crippen LogP contribution < -0.4 is 16.2 Å². The van der Waals surface area contributed by atoms with Gasteiger partial charge in [-0.15, -0.1) is 0 Å². The molecule has 7 nitrogen and oxygen atoms in total. The second kappa shape index (κ2) is 8.19. The van der Waals surface area contributed by atoms with Crippen LogP contribution in [-0.2, 0) is 19.6 Å². The van der Waals surface area contributed by atoms with Gasteiger partial charge in [-0.1, -0.05) is 0 Å². The highest BCUT2D eigenvalue weighted by Gasteiger charge is 2.23. The molecular weight excluding hydrogens is 390 g/mol. The Morgan fingerprint density at radius 3 is 2.80 bits per heavy atom. The maximum absolute atomic E-state index is 13.7. The van der Waals surface area contributed by atoms with Crippen LogP contribution in [0.15, 0.2) is 36.7 Å². The number of nitrogens with two attached hydrogens (primary N) is 2. The molecule has 0 bridgehead atoms. The second-order valence-electron chi connectivity index (χ2n) is 7.31. The highest BCUT2D eigenvalue weighted by atomic mass is 19.3. The molecule has 3 heterocycles. The molecule has 1 aromatic carbocycles. The molecule has 0 saturated heterocycles. The van der Waals surface area contributed by atoms with Crippen LogP contribution in [0.2, 0.25) is 0 Å². The third-order valence-corrected chi connectivity index (χ3v) is 5.09.